The zero-order valence-corrected chi connectivity index (χ0v) is 17.0. The highest BCUT2D eigenvalue weighted by Gasteiger charge is 2.37. The Morgan fingerprint density at radius 3 is 1.52 bits per heavy atom. The molecule has 2 aliphatic rings. The average Bonchev–Trinajstić information content (AvgIpc) is 2.48. The van der Waals surface area contributed by atoms with Crippen LogP contribution in [0.25, 0.3) is 0 Å². The number of rotatable bonds is 6. The molecule has 2 fully saturated rings. The van der Waals surface area contributed by atoms with Crippen LogP contribution in [0.4, 0.5) is 0 Å². The van der Waals surface area contributed by atoms with Gasteiger partial charge in [-0.05, 0) is 51.4 Å². The van der Waals surface area contributed by atoms with Crippen LogP contribution in [0, 0.1) is 23.7 Å². The van der Waals surface area contributed by atoms with E-state index in [1.807, 2.05) is 6.92 Å². The Bertz CT molecular complexity index is 340. The van der Waals surface area contributed by atoms with Gasteiger partial charge in [-0.25, -0.2) is 0 Å². The Labute approximate surface area is 161 Å². The normalized spacial score (nSPS) is 26.5. The predicted octanol–water partition coefficient (Wildman–Crippen LogP) is 3.98. The van der Waals surface area contributed by atoms with Crippen LogP contribution in [0.5, 0.6) is 0 Å². The quantitative estimate of drug-likeness (QED) is 0.540. The van der Waals surface area contributed by atoms with Crippen molar-refractivity contribution < 1.29 is 24.2 Å². The second-order valence-corrected chi connectivity index (χ2v) is 6.89. The first kappa shape index (κ1) is 24.5. The summed E-state index contributed by atoms with van der Waals surface area (Å²) in [7, 11) is 0. The highest BCUT2D eigenvalue weighted by Crippen LogP contribution is 2.37. The largest absolute Gasteiger partial charge is 0.466 e. The third kappa shape index (κ3) is 8.61. The van der Waals surface area contributed by atoms with Crippen LogP contribution in [-0.2, 0) is 19.1 Å². The minimum absolute atomic E-state index is 0.0191. The summed E-state index contributed by atoms with van der Waals surface area (Å²) in [4.78, 5) is 22.2. The molecule has 0 spiro atoms. The van der Waals surface area contributed by atoms with E-state index in [0.717, 1.165) is 25.7 Å². The number of aliphatic hydroxyl groups is 1. The summed E-state index contributed by atoms with van der Waals surface area (Å²) in [5.74, 6) is 0.839. The van der Waals surface area contributed by atoms with Crippen molar-refractivity contribution in [1.82, 2.24) is 0 Å². The average molecular weight is 399 g/mol. The molecule has 7 heteroatoms. The zero-order valence-electron chi connectivity index (χ0n) is 15.5. The summed E-state index contributed by atoms with van der Waals surface area (Å²) >= 11 is 9.53. The second-order valence-electron chi connectivity index (χ2n) is 6.08. The molecule has 2 aliphatic carbocycles. The highest BCUT2D eigenvalue weighted by molar-refractivity contribution is 6.40. The molecule has 5 nitrogen and oxygen atoms in total. The van der Waals surface area contributed by atoms with E-state index in [1.165, 1.54) is 6.42 Å². The molecule has 0 aromatic carbocycles. The van der Waals surface area contributed by atoms with Gasteiger partial charge < -0.3 is 14.6 Å². The van der Waals surface area contributed by atoms with Crippen LogP contribution in [-0.4, -0.2) is 42.2 Å². The maximum absolute atomic E-state index is 11.2. The third-order valence-corrected chi connectivity index (χ3v) is 4.77. The van der Waals surface area contributed by atoms with Gasteiger partial charge in [0, 0.05) is 6.61 Å². The molecule has 0 amide bonds. The minimum Gasteiger partial charge on any atom is -0.466 e. The standard InChI is InChI=1S/C9H16O2.C8H14O3.CH2Cl2/c1-3-7-5-6-8(7)9(10)11-4-2;1-2-11-8(10)7-4-3-6(7)5-9;2-1-3/h7-8H,3-6H2,1-2H3;6-7,9H,2-5H2,1H3;1H2/t7-,8-;6-,7+;/m10./s1. The number of carbonyl (C=O) groups excluding carboxylic acids is 2. The second kappa shape index (κ2) is 14.6. The number of carbonyl (C=O) groups is 2. The minimum atomic E-state index is -0.141. The van der Waals surface area contributed by atoms with Crippen molar-refractivity contribution in [2.75, 3.05) is 25.2 Å². The Kier molecular flexibility index (Phi) is 14.3. The van der Waals surface area contributed by atoms with Gasteiger partial charge in [-0.3, -0.25) is 9.59 Å². The number of aliphatic hydroxyl groups excluding tert-OH is 1. The van der Waals surface area contributed by atoms with Crippen molar-refractivity contribution in [3.63, 3.8) is 0 Å². The fourth-order valence-corrected chi connectivity index (χ4v) is 2.96. The van der Waals surface area contributed by atoms with Crippen LogP contribution in [0.1, 0.15) is 52.9 Å². The van der Waals surface area contributed by atoms with E-state index in [9.17, 15) is 9.59 Å². The molecular weight excluding hydrogens is 367 g/mol. The Hall–Kier alpha value is -0.520. The lowest BCUT2D eigenvalue weighted by Crippen LogP contribution is -2.36. The molecule has 148 valence electrons. The van der Waals surface area contributed by atoms with Crippen LogP contribution < -0.4 is 0 Å². The maximum atomic E-state index is 11.2. The number of hydrogen-bond donors (Lipinski definition) is 1. The van der Waals surface area contributed by atoms with E-state index in [4.69, 9.17) is 37.8 Å². The molecule has 4 atom stereocenters. The summed E-state index contributed by atoms with van der Waals surface area (Å²) in [6.45, 7) is 6.86. The van der Waals surface area contributed by atoms with Gasteiger partial charge in [-0.1, -0.05) is 13.3 Å². The fourth-order valence-electron chi connectivity index (χ4n) is 2.96. The number of ether oxygens (including phenoxy) is 2. The molecular formula is C18H32Cl2O5. The SMILES string of the molecule is CCOC(=O)[C@@H]1CC[C@H]1CC.CCOC(=O)[C@@H]1CC[C@H]1CO.ClCCl. The van der Waals surface area contributed by atoms with Crippen LogP contribution >= 0.6 is 23.2 Å². The molecule has 1 N–H and O–H groups in total. The fraction of sp³-hybridized carbons (Fsp3) is 0.889. The van der Waals surface area contributed by atoms with E-state index in [2.05, 4.69) is 6.92 Å². The smallest absolute Gasteiger partial charge is 0.309 e. The Balaban J connectivity index is 0.000000399. The van der Waals surface area contributed by atoms with Crippen molar-refractivity contribution in [2.45, 2.75) is 52.9 Å². The lowest BCUT2D eigenvalue weighted by atomic mass is 9.72. The van der Waals surface area contributed by atoms with Gasteiger partial charge >= 0.3 is 11.9 Å². The highest BCUT2D eigenvalue weighted by atomic mass is 35.5. The molecule has 0 saturated heterocycles. The summed E-state index contributed by atoms with van der Waals surface area (Å²) in [5, 5.41) is 8.96. The Morgan fingerprint density at radius 1 is 0.880 bits per heavy atom. The molecule has 2 saturated carbocycles. The first-order valence-corrected chi connectivity index (χ1v) is 10.1. The van der Waals surface area contributed by atoms with E-state index in [-0.39, 0.29) is 41.6 Å². The lowest BCUT2D eigenvalue weighted by molar-refractivity contribution is -0.155. The first-order valence-electron chi connectivity index (χ1n) is 9.06. The maximum Gasteiger partial charge on any atom is 0.309 e. The third-order valence-electron chi connectivity index (χ3n) is 4.77. The summed E-state index contributed by atoms with van der Waals surface area (Å²) in [5.41, 5.74) is 0. The molecule has 25 heavy (non-hydrogen) atoms. The van der Waals surface area contributed by atoms with Gasteiger partial charge in [-0.15, -0.1) is 23.2 Å². The predicted molar refractivity (Wildman–Crippen MR) is 99.6 cm³/mol. The van der Waals surface area contributed by atoms with Gasteiger partial charge in [0.1, 0.15) is 0 Å². The molecule has 0 aliphatic heterocycles. The van der Waals surface area contributed by atoms with E-state index >= 15 is 0 Å². The molecule has 0 aromatic rings. The van der Waals surface area contributed by atoms with E-state index in [0.29, 0.717) is 19.1 Å². The van der Waals surface area contributed by atoms with Crippen molar-refractivity contribution >= 4 is 35.1 Å². The summed E-state index contributed by atoms with van der Waals surface area (Å²) in [6.07, 6.45) is 5.20. The topological polar surface area (TPSA) is 72.8 Å². The first-order chi connectivity index (χ1) is 12.0. The molecule has 2 rings (SSSR count). The number of hydrogen-bond acceptors (Lipinski definition) is 5. The van der Waals surface area contributed by atoms with Crippen LogP contribution in [0.15, 0.2) is 0 Å². The van der Waals surface area contributed by atoms with Crippen molar-refractivity contribution in [1.29, 1.82) is 0 Å². The molecule has 0 heterocycles. The molecule has 0 unspecified atom stereocenters. The van der Waals surface area contributed by atoms with Crippen LogP contribution in [0.3, 0.4) is 0 Å². The van der Waals surface area contributed by atoms with Crippen molar-refractivity contribution in [3.8, 4) is 0 Å². The number of halogens is 2. The lowest BCUT2D eigenvalue weighted by Gasteiger charge is -2.33. The van der Waals surface area contributed by atoms with E-state index in [1.54, 1.807) is 6.92 Å². The summed E-state index contributed by atoms with van der Waals surface area (Å²) < 4.78 is 9.77. The molecule has 0 aromatic heterocycles. The van der Waals surface area contributed by atoms with Crippen molar-refractivity contribution in [3.05, 3.63) is 0 Å². The van der Waals surface area contributed by atoms with Crippen LogP contribution in [0.2, 0.25) is 0 Å². The van der Waals surface area contributed by atoms with Gasteiger partial charge in [0.25, 0.3) is 0 Å². The number of alkyl halides is 2. The van der Waals surface area contributed by atoms with Gasteiger partial charge in [0.2, 0.25) is 0 Å². The van der Waals surface area contributed by atoms with Gasteiger partial charge in [-0.2, -0.15) is 0 Å². The van der Waals surface area contributed by atoms with E-state index < -0.39 is 0 Å². The molecule has 0 bridgehead atoms. The molecule has 0 radical (unpaired) electrons. The van der Waals surface area contributed by atoms with Crippen molar-refractivity contribution in [2.24, 2.45) is 23.7 Å². The summed E-state index contributed by atoms with van der Waals surface area (Å²) in [6, 6.07) is 0. The Morgan fingerprint density at radius 2 is 1.28 bits per heavy atom. The van der Waals surface area contributed by atoms with Gasteiger partial charge in [0.05, 0.1) is 30.4 Å². The van der Waals surface area contributed by atoms with Gasteiger partial charge in [0.15, 0.2) is 0 Å². The number of esters is 2. The monoisotopic (exact) mass is 398 g/mol. The zero-order chi connectivity index (χ0) is 19.2.